The van der Waals surface area contributed by atoms with E-state index in [9.17, 15) is 0 Å². The van der Waals surface area contributed by atoms with Crippen LogP contribution in [0, 0.1) is 0 Å². The van der Waals surface area contributed by atoms with E-state index in [4.69, 9.17) is 5.73 Å². The SMILES string of the molecule is CCC(C)N/C(N)=C\C/C=N\C. The Kier molecular flexibility index (Phi) is 6.15. The molecule has 0 amide bonds. The van der Waals surface area contributed by atoms with Gasteiger partial charge in [-0.3, -0.25) is 0 Å². The second-order valence-corrected chi connectivity index (χ2v) is 2.79. The van der Waals surface area contributed by atoms with E-state index < -0.39 is 0 Å². The highest BCUT2D eigenvalue weighted by Gasteiger charge is 1.95. The lowest BCUT2D eigenvalue weighted by molar-refractivity contribution is 0.590. The maximum absolute atomic E-state index is 5.68. The van der Waals surface area contributed by atoms with Crippen molar-refractivity contribution in [1.29, 1.82) is 0 Å². The number of aliphatic imine (C=N–C) groups is 1. The van der Waals surface area contributed by atoms with Gasteiger partial charge in [-0.15, -0.1) is 0 Å². The highest BCUT2D eigenvalue weighted by molar-refractivity contribution is 5.59. The number of nitrogens with one attached hydrogen (secondary N) is 1. The predicted molar refractivity (Wildman–Crippen MR) is 54.2 cm³/mol. The molecule has 0 fully saturated rings. The number of hydrogen-bond acceptors (Lipinski definition) is 3. The third kappa shape index (κ3) is 5.77. The predicted octanol–water partition coefficient (Wildman–Crippen LogP) is 1.27. The van der Waals surface area contributed by atoms with E-state index >= 15 is 0 Å². The molecule has 1 atom stereocenters. The van der Waals surface area contributed by atoms with E-state index in [0.717, 1.165) is 18.7 Å². The van der Waals surface area contributed by atoms with Gasteiger partial charge in [-0.05, 0) is 19.4 Å². The van der Waals surface area contributed by atoms with E-state index in [1.807, 2.05) is 12.3 Å². The van der Waals surface area contributed by atoms with Crippen LogP contribution in [0.15, 0.2) is 16.9 Å². The van der Waals surface area contributed by atoms with E-state index in [-0.39, 0.29) is 0 Å². The van der Waals surface area contributed by atoms with Gasteiger partial charge in [0.1, 0.15) is 0 Å². The zero-order chi connectivity index (χ0) is 9.40. The Morgan fingerprint density at radius 3 is 2.83 bits per heavy atom. The summed E-state index contributed by atoms with van der Waals surface area (Å²) < 4.78 is 0. The van der Waals surface area contributed by atoms with Crippen LogP contribution in [0.25, 0.3) is 0 Å². The summed E-state index contributed by atoms with van der Waals surface area (Å²) in [7, 11) is 1.76. The lowest BCUT2D eigenvalue weighted by atomic mass is 10.2. The molecule has 70 valence electrons. The van der Waals surface area contributed by atoms with E-state index in [1.165, 1.54) is 0 Å². The Bertz CT molecular complexity index is 161. The number of nitrogens with zero attached hydrogens (tertiary/aromatic N) is 1. The van der Waals surface area contributed by atoms with Gasteiger partial charge >= 0.3 is 0 Å². The minimum absolute atomic E-state index is 0.444. The molecule has 0 saturated carbocycles. The van der Waals surface area contributed by atoms with Gasteiger partial charge in [0.15, 0.2) is 0 Å². The summed E-state index contributed by atoms with van der Waals surface area (Å²) in [6.07, 6.45) is 5.63. The van der Waals surface area contributed by atoms with Crippen molar-refractivity contribution in [3.63, 3.8) is 0 Å². The van der Waals surface area contributed by atoms with Crippen molar-refractivity contribution in [1.82, 2.24) is 5.32 Å². The maximum Gasteiger partial charge on any atom is 0.0924 e. The molecule has 3 nitrogen and oxygen atoms in total. The quantitative estimate of drug-likeness (QED) is 0.609. The van der Waals surface area contributed by atoms with Gasteiger partial charge in [0.05, 0.1) is 5.82 Å². The Morgan fingerprint density at radius 1 is 1.67 bits per heavy atom. The van der Waals surface area contributed by atoms with E-state index in [2.05, 4.69) is 24.2 Å². The van der Waals surface area contributed by atoms with Crippen molar-refractivity contribution < 1.29 is 0 Å². The standard InChI is InChI=1S/C9H19N3/c1-4-8(2)12-9(10)6-5-7-11-3/h6-8,12H,4-5,10H2,1-3H3/b9-6-,11-7-. The average molecular weight is 169 g/mol. The molecule has 0 aromatic carbocycles. The molecule has 12 heavy (non-hydrogen) atoms. The Hall–Kier alpha value is -0.990. The lowest BCUT2D eigenvalue weighted by Gasteiger charge is -2.12. The van der Waals surface area contributed by atoms with Crippen LogP contribution in [0.3, 0.4) is 0 Å². The van der Waals surface area contributed by atoms with Gasteiger partial charge in [0, 0.05) is 25.7 Å². The fourth-order valence-corrected chi connectivity index (χ4v) is 0.731. The normalized spacial score (nSPS) is 15.1. The van der Waals surface area contributed by atoms with Gasteiger partial charge < -0.3 is 16.0 Å². The summed E-state index contributed by atoms with van der Waals surface area (Å²) in [4.78, 5) is 3.85. The van der Waals surface area contributed by atoms with Crippen molar-refractivity contribution in [3.8, 4) is 0 Å². The summed E-state index contributed by atoms with van der Waals surface area (Å²) >= 11 is 0. The second-order valence-electron chi connectivity index (χ2n) is 2.79. The molecule has 3 N–H and O–H groups in total. The number of hydrogen-bond donors (Lipinski definition) is 2. The molecule has 0 spiro atoms. The largest absolute Gasteiger partial charge is 0.386 e. The summed E-state index contributed by atoms with van der Waals surface area (Å²) in [5.74, 6) is 0.740. The lowest BCUT2D eigenvalue weighted by Crippen LogP contribution is -2.28. The summed E-state index contributed by atoms with van der Waals surface area (Å²) in [6, 6.07) is 0.444. The molecule has 0 aromatic rings. The van der Waals surface area contributed by atoms with Crippen LogP contribution in [0.2, 0.25) is 0 Å². The Labute approximate surface area is 74.8 Å². The monoisotopic (exact) mass is 169 g/mol. The first kappa shape index (κ1) is 11.0. The molecule has 1 unspecified atom stereocenters. The maximum atomic E-state index is 5.68. The zero-order valence-electron chi connectivity index (χ0n) is 8.17. The van der Waals surface area contributed by atoms with Crippen LogP contribution in [0.5, 0.6) is 0 Å². The number of nitrogens with two attached hydrogens (primary N) is 1. The molecular formula is C9H19N3. The molecule has 0 aliphatic carbocycles. The molecule has 0 bridgehead atoms. The van der Waals surface area contributed by atoms with Crippen molar-refractivity contribution in [2.45, 2.75) is 32.7 Å². The van der Waals surface area contributed by atoms with Crippen LogP contribution in [0.1, 0.15) is 26.7 Å². The van der Waals surface area contributed by atoms with Crippen molar-refractivity contribution >= 4 is 6.21 Å². The van der Waals surface area contributed by atoms with Crippen LogP contribution in [-0.4, -0.2) is 19.3 Å². The molecule has 0 rings (SSSR count). The van der Waals surface area contributed by atoms with E-state index in [0.29, 0.717) is 6.04 Å². The minimum Gasteiger partial charge on any atom is -0.386 e. The van der Waals surface area contributed by atoms with Crippen LogP contribution in [0.4, 0.5) is 0 Å². The average Bonchev–Trinajstić information content (AvgIpc) is 2.05. The number of allylic oxidation sites excluding steroid dienone is 1. The molecule has 0 aliphatic rings. The first-order valence-corrected chi connectivity index (χ1v) is 4.33. The molecular weight excluding hydrogens is 150 g/mol. The topological polar surface area (TPSA) is 50.4 Å². The summed E-state index contributed by atoms with van der Waals surface area (Å²) in [5, 5.41) is 3.17. The Morgan fingerprint density at radius 2 is 2.33 bits per heavy atom. The van der Waals surface area contributed by atoms with Gasteiger partial charge in [0.25, 0.3) is 0 Å². The van der Waals surface area contributed by atoms with Gasteiger partial charge in [-0.1, -0.05) is 6.92 Å². The molecule has 0 radical (unpaired) electrons. The van der Waals surface area contributed by atoms with Crippen LogP contribution in [-0.2, 0) is 0 Å². The van der Waals surface area contributed by atoms with Crippen molar-refractivity contribution in [3.05, 3.63) is 11.9 Å². The molecule has 3 heteroatoms. The Balaban J connectivity index is 3.69. The second kappa shape index (κ2) is 6.70. The molecule has 0 saturated heterocycles. The fraction of sp³-hybridized carbons (Fsp3) is 0.667. The zero-order valence-corrected chi connectivity index (χ0v) is 8.17. The summed E-state index contributed by atoms with van der Waals surface area (Å²) in [6.45, 7) is 4.23. The van der Waals surface area contributed by atoms with Crippen molar-refractivity contribution in [2.24, 2.45) is 10.7 Å². The van der Waals surface area contributed by atoms with E-state index in [1.54, 1.807) is 7.05 Å². The van der Waals surface area contributed by atoms with Gasteiger partial charge in [-0.25, -0.2) is 0 Å². The van der Waals surface area contributed by atoms with Crippen LogP contribution < -0.4 is 11.1 Å². The molecule has 0 aromatic heterocycles. The summed E-state index contributed by atoms with van der Waals surface area (Å²) in [5.41, 5.74) is 5.68. The number of rotatable bonds is 5. The minimum atomic E-state index is 0.444. The highest BCUT2D eigenvalue weighted by atomic mass is 15.0. The van der Waals surface area contributed by atoms with Gasteiger partial charge in [0.2, 0.25) is 0 Å². The van der Waals surface area contributed by atoms with Gasteiger partial charge in [-0.2, -0.15) is 0 Å². The van der Waals surface area contributed by atoms with Crippen molar-refractivity contribution in [2.75, 3.05) is 7.05 Å². The van der Waals surface area contributed by atoms with Crippen LogP contribution >= 0.6 is 0 Å². The molecule has 0 aliphatic heterocycles. The fourth-order valence-electron chi connectivity index (χ4n) is 0.731. The molecule has 0 heterocycles. The third-order valence-electron chi connectivity index (χ3n) is 1.65. The first-order valence-electron chi connectivity index (χ1n) is 4.33. The highest BCUT2D eigenvalue weighted by Crippen LogP contribution is 1.91. The first-order chi connectivity index (χ1) is 5.70. The smallest absolute Gasteiger partial charge is 0.0924 e. The third-order valence-corrected chi connectivity index (χ3v) is 1.65.